The molecule has 3 nitrogen and oxygen atoms in total. The van der Waals surface area contributed by atoms with Crippen molar-refractivity contribution >= 4 is 5.91 Å². The molecule has 0 heterocycles. The van der Waals surface area contributed by atoms with Gasteiger partial charge in [0.2, 0.25) is 5.91 Å². The first kappa shape index (κ1) is 15.5. The van der Waals surface area contributed by atoms with E-state index in [-0.39, 0.29) is 6.04 Å². The smallest absolute Gasteiger partial charge is 0.223 e. The summed E-state index contributed by atoms with van der Waals surface area (Å²) in [6.45, 7) is 1.67. The largest absolute Gasteiger partial charge is 0.338 e. The van der Waals surface area contributed by atoms with Gasteiger partial charge in [-0.05, 0) is 43.1 Å². The van der Waals surface area contributed by atoms with Gasteiger partial charge in [0.1, 0.15) is 0 Å². The Kier molecular flexibility index (Phi) is 5.14. The zero-order valence-electron chi connectivity index (χ0n) is 13.4. The molecule has 0 spiro atoms. The number of carbonyl (C=O) groups excluding carboxylic acids is 1. The first-order valence-electron chi connectivity index (χ1n) is 8.79. The van der Waals surface area contributed by atoms with E-state index in [0.717, 1.165) is 25.9 Å². The Balaban J connectivity index is 1.62. The van der Waals surface area contributed by atoms with Crippen LogP contribution in [-0.2, 0) is 11.3 Å². The van der Waals surface area contributed by atoms with Crippen LogP contribution in [0.4, 0.5) is 0 Å². The van der Waals surface area contributed by atoms with Crippen molar-refractivity contribution in [2.75, 3.05) is 6.54 Å². The molecule has 0 radical (unpaired) electrons. The molecular weight excluding hydrogens is 272 g/mol. The van der Waals surface area contributed by atoms with Crippen molar-refractivity contribution in [1.29, 1.82) is 0 Å². The van der Waals surface area contributed by atoms with Crippen molar-refractivity contribution in [3.63, 3.8) is 0 Å². The van der Waals surface area contributed by atoms with Crippen molar-refractivity contribution < 1.29 is 4.79 Å². The van der Waals surface area contributed by atoms with Crippen molar-refractivity contribution in [1.82, 2.24) is 4.90 Å². The maximum absolute atomic E-state index is 12.8. The van der Waals surface area contributed by atoms with Crippen LogP contribution < -0.4 is 5.73 Å². The van der Waals surface area contributed by atoms with Gasteiger partial charge in [0, 0.05) is 25.6 Å². The van der Waals surface area contributed by atoms with Crippen LogP contribution >= 0.6 is 0 Å². The number of rotatable bonds is 6. The molecule has 2 saturated carbocycles. The molecule has 1 aromatic carbocycles. The number of nitrogens with two attached hydrogens (primary N) is 1. The van der Waals surface area contributed by atoms with Gasteiger partial charge in [-0.1, -0.05) is 43.2 Å². The van der Waals surface area contributed by atoms with Gasteiger partial charge in [0.15, 0.2) is 0 Å². The predicted octanol–water partition coefficient (Wildman–Crippen LogP) is 3.33. The fourth-order valence-corrected chi connectivity index (χ4v) is 3.72. The second kappa shape index (κ2) is 7.28. The molecule has 2 aliphatic carbocycles. The van der Waals surface area contributed by atoms with Gasteiger partial charge in [0.25, 0.3) is 0 Å². The summed E-state index contributed by atoms with van der Waals surface area (Å²) < 4.78 is 0. The van der Waals surface area contributed by atoms with Crippen LogP contribution in [0.2, 0.25) is 0 Å². The highest BCUT2D eigenvalue weighted by Gasteiger charge is 2.29. The quantitative estimate of drug-likeness (QED) is 0.876. The molecule has 0 saturated heterocycles. The Morgan fingerprint density at radius 3 is 2.41 bits per heavy atom. The van der Waals surface area contributed by atoms with E-state index in [1.54, 1.807) is 0 Å². The maximum atomic E-state index is 12.8. The van der Waals surface area contributed by atoms with Gasteiger partial charge in [-0.2, -0.15) is 0 Å². The van der Waals surface area contributed by atoms with Gasteiger partial charge in [0.05, 0.1) is 0 Å². The number of hydrogen-bond donors (Lipinski definition) is 1. The molecule has 1 amide bonds. The summed E-state index contributed by atoms with van der Waals surface area (Å²) in [5, 5.41) is 0. The van der Waals surface area contributed by atoms with Crippen LogP contribution in [0.15, 0.2) is 30.3 Å². The molecule has 120 valence electrons. The highest BCUT2D eigenvalue weighted by molar-refractivity contribution is 5.76. The van der Waals surface area contributed by atoms with E-state index in [2.05, 4.69) is 17.0 Å². The number of hydrogen-bond acceptors (Lipinski definition) is 2. The predicted molar refractivity (Wildman–Crippen MR) is 89.1 cm³/mol. The summed E-state index contributed by atoms with van der Waals surface area (Å²) in [6.07, 6.45) is 7.91. The summed E-state index contributed by atoms with van der Waals surface area (Å²) in [7, 11) is 0. The van der Waals surface area contributed by atoms with Crippen LogP contribution in [0.3, 0.4) is 0 Å². The molecule has 0 aromatic heterocycles. The van der Waals surface area contributed by atoms with Crippen LogP contribution in [-0.4, -0.2) is 23.4 Å². The number of nitrogens with zero attached hydrogens (tertiary/aromatic N) is 1. The van der Waals surface area contributed by atoms with Crippen LogP contribution in [0.1, 0.15) is 50.5 Å². The summed E-state index contributed by atoms with van der Waals surface area (Å²) in [5.74, 6) is 1.41. The lowest BCUT2D eigenvalue weighted by atomic mass is 9.85. The zero-order chi connectivity index (χ0) is 15.4. The molecule has 3 rings (SSSR count). The summed E-state index contributed by atoms with van der Waals surface area (Å²) in [6, 6.07) is 10.6. The first-order valence-corrected chi connectivity index (χ1v) is 8.79. The molecule has 0 unspecified atom stereocenters. The van der Waals surface area contributed by atoms with E-state index in [1.165, 1.54) is 31.2 Å². The minimum Gasteiger partial charge on any atom is -0.338 e. The maximum Gasteiger partial charge on any atom is 0.223 e. The van der Waals surface area contributed by atoms with Gasteiger partial charge in [-0.25, -0.2) is 0 Å². The van der Waals surface area contributed by atoms with Crippen LogP contribution in [0, 0.1) is 11.8 Å². The third-order valence-corrected chi connectivity index (χ3v) is 5.43. The van der Waals surface area contributed by atoms with E-state index >= 15 is 0 Å². The molecule has 3 heteroatoms. The van der Waals surface area contributed by atoms with Crippen LogP contribution in [0.25, 0.3) is 0 Å². The molecule has 2 N–H and O–H groups in total. The van der Waals surface area contributed by atoms with E-state index in [9.17, 15) is 4.79 Å². The van der Waals surface area contributed by atoms with E-state index in [0.29, 0.717) is 24.2 Å². The Morgan fingerprint density at radius 2 is 1.82 bits per heavy atom. The van der Waals surface area contributed by atoms with Crippen molar-refractivity contribution in [2.45, 2.75) is 57.5 Å². The van der Waals surface area contributed by atoms with E-state index in [4.69, 9.17) is 5.73 Å². The molecule has 1 aromatic rings. The van der Waals surface area contributed by atoms with Crippen molar-refractivity contribution in [3.8, 4) is 0 Å². The summed E-state index contributed by atoms with van der Waals surface area (Å²) in [4.78, 5) is 14.9. The SMILES string of the molecule is N[C@@H]1CCC[C@H]1CC(=O)N(Cc1ccccc1)CC1CCC1. The van der Waals surface area contributed by atoms with Crippen LogP contribution in [0.5, 0.6) is 0 Å². The van der Waals surface area contributed by atoms with Crippen molar-refractivity contribution in [3.05, 3.63) is 35.9 Å². The van der Waals surface area contributed by atoms with Gasteiger partial charge >= 0.3 is 0 Å². The molecule has 22 heavy (non-hydrogen) atoms. The van der Waals surface area contributed by atoms with E-state index in [1.807, 2.05) is 18.2 Å². The van der Waals surface area contributed by atoms with Gasteiger partial charge in [-0.3, -0.25) is 4.79 Å². The number of benzene rings is 1. The third kappa shape index (κ3) is 3.89. The second-order valence-corrected chi connectivity index (χ2v) is 7.12. The molecule has 0 bridgehead atoms. The highest BCUT2D eigenvalue weighted by Crippen LogP contribution is 2.30. The highest BCUT2D eigenvalue weighted by atomic mass is 16.2. The fourth-order valence-electron chi connectivity index (χ4n) is 3.72. The van der Waals surface area contributed by atoms with E-state index < -0.39 is 0 Å². The summed E-state index contributed by atoms with van der Waals surface area (Å²) >= 11 is 0. The standard InChI is InChI=1S/C19H28N2O/c20-18-11-5-10-17(18)12-19(22)21(14-16-8-4-9-16)13-15-6-2-1-3-7-15/h1-3,6-7,16-18H,4-5,8-14,20H2/t17-,18+/m0/s1. The monoisotopic (exact) mass is 300 g/mol. The Morgan fingerprint density at radius 1 is 1.09 bits per heavy atom. The first-order chi connectivity index (χ1) is 10.7. The third-order valence-electron chi connectivity index (χ3n) is 5.43. The van der Waals surface area contributed by atoms with Gasteiger partial charge < -0.3 is 10.6 Å². The Hall–Kier alpha value is -1.35. The summed E-state index contributed by atoms with van der Waals surface area (Å²) in [5.41, 5.74) is 7.38. The minimum absolute atomic E-state index is 0.228. The Labute approximate surface area is 133 Å². The zero-order valence-corrected chi connectivity index (χ0v) is 13.4. The van der Waals surface area contributed by atoms with Crippen molar-refractivity contribution in [2.24, 2.45) is 17.6 Å². The minimum atomic E-state index is 0.228. The van der Waals surface area contributed by atoms with Gasteiger partial charge in [-0.15, -0.1) is 0 Å². The molecule has 2 fully saturated rings. The molecular formula is C19H28N2O. The number of carbonyl (C=O) groups is 1. The second-order valence-electron chi connectivity index (χ2n) is 7.12. The average molecular weight is 300 g/mol. The molecule has 2 atom stereocenters. The average Bonchev–Trinajstić information content (AvgIpc) is 2.88. The molecule has 2 aliphatic rings. The topological polar surface area (TPSA) is 46.3 Å². The Bertz CT molecular complexity index is 483. The lowest BCUT2D eigenvalue weighted by Crippen LogP contribution is -2.39. The lowest BCUT2D eigenvalue weighted by molar-refractivity contribution is -0.134. The fraction of sp³-hybridized carbons (Fsp3) is 0.632. The normalized spacial score (nSPS) is 25.0. The molecule has 0 aliphatic heterocycles. The lowest BCUT2D eigenvalue weighted by Gasteiger charge is -2.33. The number of amides is 1.